The van der Waals surface area contributed by atoms with Gasteiger partial charge in [-0.1, -0.05) is 33.3 Å². The lowest BCUT2D eigenvalue weighted by Gasteiger charge is -2.35. The first kappa shape index (κ1) is 32.5. The summed E-state index contributed by atoms with van der Waals surface area (Å²) < 4.78 is 10.7. The molecule has 3 N–H and O–H groups in total. The Morgan fingerprint density at radius 1 is 1.05 bits per heavy atom. The van der Waals surface area contributed by atoms with Crippen molar-refractivity contribution in [2.24, 2.45) is 5.92 Å². The van der Waals surface area contributed by atoms with Crippen LogP contribution in [0.1, 0.15) is 78.0 Å². The lowest BCUT2D eigenvalue weighted by Crippen LogP contribution is -2.53. The Bertz CT molecular complexity index is 1140. The second-order valence-electron chi connectivity index (χ2n) is 11.4. The summed E-state index contributed by atoms with van der Waals surface area (Å²) in [5.41, 5.74) is 0.932. The SMILES string of the molecule is CCCCN(C(=O)C(CC(C)C)NC(=O)OC(C)(C)C)C(C(=O)Nc1ccc(OC)cc1)c1ccc(O)c(C)c1. The topological polar surface area (TPSA) is 117 Å². The van der Waals surface area contributed by atoms with Gasteiger partial charge in [0.1, 0.15) is 29.2 Å². The van der Waals surface area contributed by atoms with E-state index in [1.165, 1.54) is 11.0 Å². The molecule has 2 aromatic carbocycles. The number of benzene rings is 2. The summed E-state index contributed by atoms with van der Waals surface area (Å²) >= 11 is 0. The third-order valence-corrected chi connectivity index (χ3v) is 6.19. The quantitative estimate of drug-likeness (QED) is 0.298. The summed E-state index contributed by atoms with van der Waals surface area (Å²) in [7, 11) is 1.56. The van der Waals surface area contributed by atoms with Crippen LogP contribution < -0.4 is 15.4 Å². The van der Waals surface area contributed by atoms with Gasteiger partial charge < -0.3 is 30.1 Å². The van der Waals surface area contributed by atoms with Crippen LogP contribution in [0.5, 0.6) is 11.5 Å². The van der Waals surface area contributed by atoms with Crippen LogP contribution in [0.2, 0.25) is 0 Å². The van der Waals surface area contributed by atoms with E-state index in [1.54, 1.807) is 71.2 Å². The molecule has 2 aromatic rings. The Balaban J connectivity index is 2.54. The number of carbonyl (C=O) groups is 3. The maximum atomic E-state index is 14.2. The van der Waals surface area contributed by atoms with Crippen molar-refractivity contribution in [3.63, 3.8) is 0 Å². The third-order valence-electron chi connectivity index (χ3n) is 6.19. The number of methoxy groups -OCH3 is 1. The number of aryl methyl sites for hydroxylation is 1. The Kier molecular flexibility index (Phi) is 11.8. The number of ether oxygens (including phenoxy) is 2. The van der Waals surface area contributed by atoms with Crippen molar-refractivity contribution in [2.45, 2.75) is 85.4 Å². The molecule has 0 aromatic heterocycles. The lowest BCUT2D eigenvalue weighted by atomic mass is 9.97. The molecule has 0 fully saturated rings. The van der Waals surface area contributed by atoms with Gasteiger partial charge in [0.2, 0.25) is 5.91 Å². The van der Waals surface area contributed by atoms with E-state index in [9.17, 15) is 19.5 Å². The molecule has 9 heteroatoms. The van der Waals surface area contributed by atoms with Gasteiger partial charge in [-0.2, -0.15) is 0 Å². The number of unbranched alkanes of at least 4 members (excludes halogenated alkanes) is 1. The number of aromatic hydroxyl groups is 1. The molecule has 40 heavy (non-hydrogen) atoms. The molecule has 2 rings (SSSR count). The monoisotopic (exact) mass is 555 g/mol. The zero-order valence-electron chi connectivity index (χ0n) is 25.0. The molecule has 0 aliphatic rings. The first-order chi connectivity index (χ1) is 18.7. The van der Waals surface area contributed by atoms with Crippen molar-refractivity contribution < 1.29 is 29.0 Å². The van der Waals surface area contributed by atoms with Crippen LogP contribution in [0.15, 0.2) is 42.5 Å². The number of nitrogens with one attached hydrogen (secondary N) is 2. The van der Waals surface area contributed by atoms with Crippen LogP contribution in [-0.2, 0) is 14.3 Å². The van der Waals surface area contributed by atoms with Gasteiger partial charge in [0, 0.05) is 12.2 Å². The summed E-state index contributed by atoms with van der Waals surface area (Å²) in [6.45, 7) is 13.2. The predicted molar refractivity (Wildman–Crippen MR) is 156 cm³/mol. The average molecular weight is 556 g/mol. The van der Waals surface area contributed by atoms with E-state index in [2.05, 4.69) is 10.6 Å². The van der Waals surface area contributed by atoms with E-state index in [0.29, 0.717) is 42.0 Å². The Morgan fingerprint density at radius 2 is 1.70 bits per heavy atom. The molecule has 220 valence electrons. The molecule has 2 unspecified atom stereocenters. The molecule has 0 aliphatic heterocycles. The van der Waals surface area contributed by atoms with Crippen molar-refractivity contribution in [3.8, 4) is 11.5 Å². The van der Waals surface area contributed by atoms with Crippen LogP contribution in [-0.4, -0.2) is 53.2 Å². The summed E-state index contributed by atoms with van der Waals surface area (Å²) in [6, 6.07) is 9.86. The first-order valence-electron chi connectivity index (χ1n) is 13.8. The highest BCUT2D eigenvalue weighted by atomic mass is 16.6. The normalized spacial score (nSPS) is 12.8. The fraction of sp³-hybridized carbons (Fsp3) is 0.516. The number of alkyl carbamates (subject to hydrolysis) is 1. The minimum absolute atomic E-state index is 0.0828. The van der Waals surface area contributed by atoms with Gasteiger partial charge in [0.05, 0.1) is 7.11 Å². The van der Waals surface area contributed by atoms with Crippen molar-refractivity contribution in [1.82, 2.24) is 10.2 Å². The number of phenolic OH excluding ortho intramolecular Hbond substituents is 1. The van der Waals surface area contributed by atoms with Crippen LogP contribution in [0.4, 0.5) is 10.5 Å². The van der Waals surface area contributed by atoms with Gasteiger partial charge in [-0.3, -0.25) is 9.59 Å². The van der Waals surface area contributed by atoms with E-state index in [1.807, 2.05) is 20.8 Å². The lowest BCUT2D eigenvalue weighted by molar-refractivity contribution is -0.141. The van der Waals surface area contributed by atoms with Gasteiger partial charge in [-0.25, -0.2) is 4.79 Å². The number of phenols is 1. The third kappa shape index (κ3) is 9.77. The van der Waals surface area contributed by atoms with Gasteiger partial charge >= 0.3 is 6.09 Å². The molecule has 0 saturated carbocycles. The minimum Gasteiger partial charge on any atom is -0.508 e. The number of amides is 3. The van der Waals surface area contributed by atoms with Gasteiger partial charge in [-0.05, 0) is 94.0 Å². The van der Waals surface area contributed by atoms with E-state index < -0.39 is 29.7 Å². The van der Waals surface area contributed by atoms with E-state index in [0.717, 1.165) is 6.42 Å². The fourth-order valence-corrected chi connectivity index (χ4v) is 4.24. The molecular weight excluding hydrogens is 510 g/mol. The molecule has 0 aliphatic carbocycles. The number of hydrogen-bond donors (Lipinski definition) is 3. The largest absolute Gasteiger partial charge is 0.508 e. The zero-order valence-corrected chi connectivity index (χ0v) is 25.0. The number of carbonyl (C=O) groups excluding carboxylic acids is 3. The van der Waals surface area contributed by atoms with Crippen molar-refractivity contribution in [1.29, 1.82) is 0 Å². The highest BCUT2D eigenvalue weighted by molar-refractivity contribution is 5.99. The second-order valence-corrected chi connectivity index (χ2v) is 11.4. The summed E-state index contributed by atoms with van der Waals surface area (Å²) in [5.74, 6) is 0.0234. The van der Waals surface area contributed by atoms with E-state index >= 15 is 0 Å². The summed E-state index contributed by atoms with van der Waals surface area (Å²) in [4.78, 5) is 42.4. The number of rotatable bonds is 12. The van der Waals surface area contributed by atoms with E-state index in [4.69, 9.17) is 9.47 Å². The zero-order chi connectivity index (χ0) is 30.0. The molecule has 0 spiro atoms. The predicted octanol–water partition coefficient (Wildman–Crippen LogP) is 5.96. The van der Waals surface area contributed by atoms with Crippen LogP contribution in [0.3, 0.4) is 0 Å². The minimum atomic E-state index is -1.02. The Hall–Kier alpha value is -3.75. The second kappa shape index (κ2) is 14.6. The molecule has 0 radical (unpaired) electrons. The molecule has 3 amide bonds. The maximum Gasteiger partial charge on any atom is 0.408 e. The highest BCUT2D eigenvalue weighted by Crippen LogP contribution is 2.29. The number of anilines is 1. The van der Waals surface area contributed by atoms with Gasteiger partial charge in [-0.15, -0.1) is 0 Å². The maximum absolute atomic E-state index is 14.2. The molecule has 2 atom stereocenters. The molecule has 0 bridgehead atoms. The van der Waals surface area contributed by atoms with E-state index in [-0.39, 0.29) is 17.6 Å². The smallest absolute Gasteiger partial charge is 0.408 e. The number of hydrogen-bond acceptors (Lipinski definition) is 6. The van der Waals surface area contributed by atoms with Crippen molar-refractivity contribution in [3.05, 3.63) is 53.6 Å². The standard InChI is InChI=1S/C31H45N3O6/c1-9-10-17-34(29(37)25(18-20(2)3)33-30(38)40-31(5,6)7)27(22-11-16-26(35)21(4)19-22)28(36)32-23-12-14-24(39-8)15-13-23/h11-16,19-20,25,27,35H,9-10,17-18H2,1-8H3,(H,32,36)(H,33,38). The van der Waals surface area contributed by atoms with Gasteiger partial charge in [0.15, 0.2) is 0 Å². The fourth-order valence-electron chi connectivity index (χ4n) is 4.24. The molecular formula is C31H45N3O6. The van der Waals surface area contributed by atoms with Crippen LogP contribution in [0, 0.1) is 12.8 Å². The summed E-state index contributed by atoms with van der Waals surface area (Å²) in [5, 5.41) is 15.8. The Morgan fingerprint density at radius 3 is 2.23 bits per heavy atom. The van der Waals surface area contributed by atoms with Gasteiger partial charge in [0.25, 0.3) is 5.91 Å². The van der Waals surface area contributed by atoms with Crippen molar-refractivity contribution in [2.75, 3.05) is 19.0 Å². The first-order valence-corrected chi connectivity index (χ1v) is 13.8. The average Bonchev–Trinajstić information content (AvgIpc) is 2.86. The van der Waals surface area contributed by atoms with Crippen LogP contribution >= 0.6 is 0 Å². The van der Waals surface area contributed by atoms with Crippen LogP contribution in [0.25, 0.3) is 0 Å². The van der Waals surface area contributed by atoms with Crippen molar-refractivity contribution >= 4 is 23.6 Å². The Labute approximate surface area is 238 Å². The molecule has 0 heterocycles. The highest BCUT2D eigenvalue weighted by Gasteiger charge is 2.36. The summed E-state index contributed by atoms with van der Waals surface area (Å²) in [6.07, 6.45) is 1.11. The molecule has 9 nitrogen and oxygen atoms in total. The molecule has 0 saturated heterocycles. The number of nitrogens with zero attached hydrogens (tertiary/aromatic N) is 1.